The summed E-state index contributed by atoms with van der Waals surface area (Å²) in [5.41, 5.74) is 3.46. The highest BCUT2D eigenvalue weighted by molar-refractivity contribution is 5.64. The molecule has 0 spiro atoms. The largest absolute Gasteiger partial charge is 0.497 e. The van der Waals surface area contributed by atoms with E-state index in [1.165, 1.54) is 24.8 Å². The van der Waals surface area contributed by atoms with Gasteiger partial charge in [-0.2, -0.15) is 0 Å². The zero-order chi connectivity index (χ0) is 22.3. The topological polar surface area (TPSA) is 62.2 Å². The first kappa shape index (κ1) is 23.2. The molecule has 1 heterocycles. The first-order chi connectivity index (χ1) is 15.7. The van der Waals surface area contributed by atoms with Crippen LogP contribution in [0.4, 0.5) is 0 Å². The highest BCUT2D eigenvalue weighted by atomic mass is 16.5. The normalized spacial score (nSPS) is 26.3. The number of nitrogens with zero attached hydrogens (tertiary/aromatic N) is 1. The van der Waals surface area contributed by atoms with Gasteiger partial charge in [0, 0.05) is 25.0 Å². The van der Waals surface area contributed by atoms with Gasteiger partial charge >= 0.3 is 0 Å². The predicted octanol–water partition coefficient (Wildman–Crippen LogP) is 4.26. The molecule has 2 fully saturated rings. The maximum Gasteiger partial charge on any atom is 0.118 e. The Morgan fingerprint density at radius 3 is 2.22 bits per heavy atom. The lowest BCUT2D eigenvalue weighted by Gasteiger charge is -2.38. The van der Waals surface area contributed by atoms with E-state index in [0.717, 1.165) is 42.8 Å². The molecule has 2 aromatic rings. The van der Waals surface area contributed by atoms with Crippen LogP contribution < -0.4 is 4.74 Å². The van der Waals surface area contributed by atoms with E-state index in [0.29, 0.717) is 13.0 Å². The lowest BCUT2D eigenvalue weighted by atomic mass is 9.92. The third-order valence-corrected chi connectivity index (χ3v) is 7.13. The van der Waals surface area contributed by atoms with Crippen molar-refractivity contribution in [3.05, 3.63) is 54.1 Å². The lowest BCUT2D eigenvalue weighted by molar-refractivity contribution is -0.00705. The van der Waals surface area contributed by atoms with Crippen LogP contribution in [0.3, 0.4) is 0 Å². The molecule has 0 aromatic heterocycles. The van der Waals surface area contributed by atoms with E-state index in [1.807, 2.05) is 12.1 Å². The molecular weight excluding hydrogens is 402 g/mol. The minimum atomic E-state index is -0.348. The summed E-state index contributed by atoms with van der Waals surface area (Å²) in [5.74, 6) is 1.13. The number of hydrogen-bond acceptors (Lipinski definition) is 5. The van der Waals surface area contributed by atoms with Gasteiger partial charge in [0.15, 0.2) is 0 Å². The van der Waals surface area contributed by atoms with Gasteiger partial charge in [0.1, 0.15) is 5.75 Å². The molecule has 2 N–H and O–H groups in total. The first-order valence-corrected chi connectivity index (χ1v) is 12.1. The molecule has 0 unspecified atom stereocenters. The van der Waals surface area contributed by atoms with E-state index < -0.39 is 0 Å². The second-order valence-electron chi connectivity index (χ2n) is 9.19. The lowest BCUT2D eigenvalue weighted by Crippen LogP contribution is -2.47. The molecule has 1 aliphatic heterocycles. The highest BCUT2D eigenvalue weighted by Crippen LogP contribution is 2.37. The molecule has 174 valence electrons. The Labute approximate surface area is 192 Å². The first-order valence-electron chi connectivity index (χ1n) is 12.1. The second kappa shape index (κ2) is 11.3. The predicted molar refractivity (Wildman–Crippen MR) is 127 cm³/mol. The fourth-order valence-corrected chi connectivity index (χ4v) is 5.44. The van der Waals surface area contributed by atoms with Gasteiger partial charge in [-0.3, -0.25) is 4.90 Å². The van der Waals surface area contributed by atoms with Crippen molar-refractivity contribution in [2.75, 3.05) is 26.8 Å². The summed E-state index contributed by atoms with van der Waals surface area (Å²) in [6.45, 7) is 2.87. The maximum atomic E-state index is 10.9. The molecule has 0 radical (unpaired) electrons. The summed E-state index contributed by atoms with van der Waals surface area (Å²) in [6.07, 6.45) is 5.73. The Morgan fingerprint density at radius 1 is 0.938 bits per heavy atom. The van der Waals surface area contributed by atoms with Crippen LogP contribution in [-0.2, 0) is 11.3 Å². The molecule has 0 amide bonds. The molecule has 4 atom stereocenters. The minimum absolute atomic E-state index is 0.0322. The third kappa shape index (κ3) is 5.52. The summed E-state index contributed by atoms with van der Waals surface area (Å²) >= 11 is 0. The average Bonchev–Trinajstić information content (AvgIpc) is 3.17. The van der Waals surface area contributed by atoms with Gasteiger partial charge in [-0.1, -0.05) is 42.8 Å². The Kier molecular flexibility index (Phi) is 8.20. The van der Waals surface area contributed by atoms with Crippen molar-refractivity contribution in [2.24, 2.45) is 5.92 Å². The summed E-state index contributed by atoms with van der Waals surface area (Å²) in [5, 5.41) is 20.3. The van der Waals surface area contributed by atoms with Crippen LogP contribution in [0.2, 0.25) is 0 Å². The van der Waals surface area contributed by atoms with Crippen LogP contribution >= 0.6 is 0 Å². The van der Waals surface area contributed by atoms with E-state index in [1.54, 1.807) is 7.11 Å². The van der Waals surface area contributed by atoms with Crippen molar-refractivity contribution < 1.29 is 19.7 Å². The van der Waals surface area contributed by atoms with E-state index in [9.17, 15) is 10.2 Å². The number of aliphatic hydroxyl groups excluding tert-OH is 2. The van der Waals surface area contributed by atoms with Gasteiger partial charge in [-0.15, -0.1) is 0 Å². The number of benzene rings is 2. The van der Waals surface area contributed by atoms with Gasteiger partial charge < -0.3 is 19.7 Å². The summed E-state index contributed by atoms with van der Waals surface area (Å²) in [7, 11) is 1.68. The van der Waals surface area contributed by atoms with E-state index >= 15 is 0 Å². The molecule has 1 aliphatic carbocycles. The maximum absolute atomic E-state index is 10.9. The number of likely N-dealkylation sites (tertiary alicyclic amines) is 1. The SMILES string of the molecule is COc1ccc(-c2ccc(CO[C@H]3C[C@H](O)[C@H](N4CCCCC4)[C@H]3CCCO)cc2)cc1. The van der Waals surface area contributed by atoms with Crippen LogP contribution in [0.1, 0.15) is 44.1 Å². The van der Waals surface area contributed by atoms with E-state index in [4.69, 9.17) is 9.47 Å². The Morgan fingerprint density at radius 2 is 1.59 bits per heavy atom. The molecule has 1 saturated heterocycles. The number of methoxy groups -OCH3 is 1. The molecule has 5 nitrogen and oxygen atoms in total. The Bertz CT molecular complexity index is 817. The van der Waals surface area contributed by atoms with Crippen molar-refractivity contribution in [1.82, 2.24) is 4.90 Å². The standard InChI is InChI=1S/C27H37NO4/c1-31-23-13-11-22(12-14-23)21-9-7-20(8-10-21)19-32-26-18-25(30)27(24(26)6-5-17-29)28-15-3-2-4-16-28/h7-14,24-27,29-30H,2-6,15-19H2,1H3/t24-,25-,26-,27+/m0/s1. The monoisotopic (exact) mass is 439 g/mol. The fraction of sp³-hybridized carbons (Fsp3) is 0.556. The molecule has 4 rings (SSSR count). The zero-order valence-electron chi connectivity index (χ0n) is 19.2. The zero-order valence-corrected chi connectivity index (χ0v) is 19.2. The molecule has 2 aliphatic rings. The van der Waals surface area contributed by atoms with Crippen molar-refractivity contribution in [1.29, 1.82) is 0 Å². The quantitative estimate of drug-likeness (QED) is 0.611. The highest BCUT2D eigenvalue weighted by Gasteiger charge is 2.45. The number of ether oxygens (including phenoxy) is 2. The number of hydrogen-bond donors (Lipinski definition) is 2. The number of rotatable bonds is 9. The summed E-state index contributed by atoms with van der Waals surface area (Å²) in [4.78, 5) is 2.48. The minimum Gasteiger partial charge on any atom is -0.497 e. The fourth-order valence-electron chi connectivity index (χ4n) is 5.44. The van der Waals surface area contributed by atoms with Gasteiger partial charge in [0.2, 0.25) is 0 Å². The van der Waals surface area contributed by atoms with Crippen molar-refractivity contribution in [2.45, 2.75) is 63.4 Å². The van der Waals surface area contributed by atoms with Gasteiger partial charge in [0.05, 0.1) is 25.9 Å². The molecule has 32 heavy (non-hydrogen) atoms. The number of aliphatic hydroxyl groups is 2. The molecule has 0 bridgehead atoms. The van der Waals surface area contributed by atoms with E-state index in [-0.39, 0.29) is 30.8 Å². The Hall–Kier alpha value is -1.92. The summed E-state index contributed by atoms with van der Waals surface area (Å²) < 4.78 is 11.6. The van der Waals surface area contributed by atoms with Gasteiger partial charge in [0.25, 0.3) is 0 Å². The van der Waals surface area contributed by atoms with Crippen LogP contribution in [0.25, 0.3) is 11.1 Å². The second-order valence-corrected chi connectivity index (χ2v) is 9.19. The molecule has 2 aromatic carbocycles. The van der Waals surface area contributed by atoms with Crippen molar-refractivity contribution >= 4 is 0 Å². The summed E-state index contributed by atoms with van der Waals surface area (Å²) in [6, 6.07) is 16.7. The van der Waals surface area contributed by atoms with Crippen molar-refractivity contribution in [3.8, 4) is 16.9 Å². The van der Waals surface area contributed by atoms with Gasteiger partial charge in [-0.25, -0.2) is 0 Å². The average molecular weight is 440 g/mol. The molecule has 1 saturated carbocycles. The van der Waals surface area contributed by atoms with Crippen LogP contribution in [0.5, 0.6) is 5.75 Å². The third-order valence-electron chi connectivity index (χ3n) is 7.13. The van der Waals surface area contributed by atoms with Gasteiger partial charge in [-0.05, 0) is 67.6 Å². The molecule has 5 heteroatoms. The smallest absolute Gasteiger partial charge is 0.118 e. The molecular formula is C27H37NO4. The Balaban J connectivity index is 1.38. The van der Waals surface area contributed by atoms with Crippen LogP contribution in [0.15, 0.2) is 48.5 Å². The van der Waals surface area contributed by atoms with E-state index in [2.05, 4.69) is 41.3 Å². The van der Waals surface area contributed by atoms with Crippen LogP contribution in [0, 0.1) is 5.92 Å². The van der Waals surface area contributed by atoms with Crippen molar-refractivity contribution in [3.63, 3.8) is 0 Å². The van der Waals surface area contributed by atoms with Crippen LogP contribution in [-0.4, -0.2) is 60.2 Å². The number of piperidine rings is 1.